The zero-order valence-corrected chi connectivity index (χ0v) is 12.1. The van der Waals surface area contributed by atoms with Crippen molar-refractivity contribution in [2.45, 2.75) is 13.5 Å². The van der Waals surface area contributed by atoms with Gasteiger partial charge in [0.2, 0.25) is 5.91 Å². The summed E-state index contributed by atoms with van der Waals surface area (Å²) in [5.41, 5.74) is 5.45. The van der Waals surface area contributed by atoms with E-state index in [1.54, 1.807) is 25.1 Å². The Kier molecular flexibility index (Phi) is 3.67. The molecule has 0 aliphatic heterocycles. The fourth-order valence-electron chi connectivity index (χ4n) is 1.96. The van der Waals surface area contributed by atoms with Crippen LogP contribution in [-0.2, 0) is 11.3 Å². The van der Waals surface area contributed by atoms with Crippen molar-refractivity contribution in [1.29, 1.82) is 0 Å². The number of nitrogens with two attached hydrogens (primary N) is 1. The molecule has 9 nitrogen and oxygen atoms in total. The van der Waals surface area contributed by atoms with Gasteiger partial charge >= 0.3 is 0 Å². The third-order valence-electron chi connectivity index (χ3n) is 2.96. The molecule has 0 aliphatic rings. The van der Waals surface area contributed by atoms with E-state index < -0.39 is 11.5 Å². The largest absolute Gasteiger partial charge is 0.463 e. The summed E-state index contributed by atoms with van der Waals surface area (Å²) in [6, 6.07) is 6.31. The van der Waals surface area contributed by atoms with Crippen LogP contribution in [0.3, 0.4) is 0 Å². The zero-order chi connectivity index (χ0) is 16.4. The van der Waals surface area contributed by atoms with Gasteiger partial charge in [-0.3, -0.25) is 9.59 Å². The molecule has 0 saturated carbocycles. The molecule has 9 heteroatoms. The van der Waals surface area contributed by atoms with E-state index in [1.807, 2.05) is 0 Å². The average molecular weight is 315 g/mol. The van der Waals surface area contributed by atoms with Crippen LogP contribution in [0, 0.1) is 6.92 Å². The Morgan fingerprint density at radius 3 is 2.91 bits per heavy atom. The fraction of sp³-hybridized carbons (Fsp3) is 0.143. The molecule has 118 valence electrons. The molecule has 1 amide bonds. The number of aromatic nitrogens is 3. The predicted octanol–water partition coefficient (Wildman–Crippen LogP) is 1.02. The van der Waals surface area contributed by atoms with Gasteiger partial charge in [0.1, 0.15) is 23.7 Å². The number of anilines is 2. The average Bonchev–Trinajstić information content (AvgIpc) is 3.15. The van der Waals surface area contributed by atoms with E-state index >= 15 is 0 Å². The molecule has 3 rings (SSSR count). The lowest BCUT2D eigenvalue weighted by atomic mass is 10.3. The Morgan fingerprint density at radius 2 is 2.26 bits per heavy atom. The third kappa shape index (κ3) is 3.12. The minimum Gasteiger partial charge on any atom is -0.463 e. The highest BCUT2D eigenvalue weighted by molar-refractivity contribution is 5.89. The maximum absolute atomic E-state index is 12.0. The highest BCUT2D eigenvalue weighted by atomic mass is 16.5. The topological polar surface area (TPSA) is 129 Å². The van der Waals surface area contributed by atoms with Crippen LogP contribution in [-0.4, -0.2) is 20.8 Å². The highest BCUT2D eigenvalue weighted by Crippen LogP contribution is 2.17. The number of hydrogen-bond donors (Lipinski definition) is 2. The van der Waals surface area contributed by atoms with Gasteiger partial charge in [-0.05, 0) is 25.1 Å². The molecule has 0 radical (unpaired) electrons. The van der Waals surface area contributed by atoms with Crippen LogP contribution in [0.2, 0.25) is 0 Å². The molecule has 3 aromatic heterocycles. The number of rotatable bonds is 4. The molecule has 3 N–H and O–H groups in total. The molecule has 0 unspecified atom stereocenters. The summed E-state index contributed by atoms with van der Waals surface area (Å²) < 4.78 is 11.0. The van der Waals surface area contributed by atoms with Crippen LogP contribution < -0.4 is 16.6 Å². The molecule has 0 saturated heterocycles. The minimum atomic E-state index is -0.563. The van der Waals surface area contributed by atoms with Crippen molar-refractivity contribution in [3.05, 3.63) is 46.6 Å². The second kappa shape index (κ2) is 5.79. The first-order valence-corrected chi connectivity index (χ1v) is 6.67. The lowest BCUT2D eigenvalue weighted by molar-refractivity contribution is -0.117. The monoisotopic (exact) mass is 315 g/mol. The van der Waals surface area contributed by atoms with Crippen molar-refractivity contribution in [3.8, 4) is 11.5 Å². The quantitative estimate of drug-likeness (QED) is 0.735. The molecule has 0 fully saturated rings. The summed E-state index contributed by atoms with van der Waals surface area (Å²) in [7, 11) is 0. The maximum Gasteiger partial charge on any atom is 0.290 e. The first kappa shape index (κ1) is 14.6. The number of furan rings is 1. The predicted molar refractivity (Wildman–Crippen MR) is 80.5 cm³/mol. The Morgan fingerprint density at radius 1 is 1.43 bits per heavy atom. The van der Waals surface area contributed by atoms with E-state index in [1.165, 1.54) is 12.3 Å². The van der Waals surface area contributed by atoms with Crippen LogP contribution in [0.15, 0.2) is 44.3 Å². The first-order chi connectivity index (χ1) is 11.0. The van der Waals surface area contributed by atoms with Crippen LogP contribution in [0.5, 0.6) is 0 Å². The Labute approximate surface area is 129 Å². The minimum absolute atomic E-state index is 0.0310. The Bertz CT molecular complexity index is 894. The summed E-state index contributed by atoms with van der Waals surface area (Å²) in [6.07, 6.45) is 1.47. The molecular formula is C14H13N5O4. The van der Waals surface area contributed by atoms with E-state index in [-0.39, 0.29) is 18.1 Å². The van der Waals surface area contributed by atoms with E-state index in [9.17, 15) is 9.59 Å². The molecule has 23 heavy (non-hydrogen) atoms. The third-order valence-corrected chi connectivity index (χ3v) is 2.96. The number of amides is 1. The van der Waals surface area contributed by atoms with Gasteiger partial charge < -0.3 is 20.0 Å². The summed E-state index contributed by atoms with van der Waals surface area (Å²) in [5, 5.41) is 10.2. The van der Waals surface area contributed by atoms with Gasteiger partial charge in [0.15, 0.2) is 11.6 Å². The SMILES string of the molecule is Cc1cc(NC(=O)Cn2nc(-c3ccco3)cc(N)c2=O)no1. The van der Waals surface area contributed by atoms with Crippen LogP contribution >= 0.6 is 0 Å². The first-order valence-electron chi connectivity index (χ1n) is 6.67. The van der Waals surface area contributed by atoms with Crippen molar-refractivity contribution in [3.63, 3.8) is 0 Å². The molecule has 0 aromatic carbocycles. The number of nitrogens with zero attached hydrogens (tertiary/aromatic N) is 3. The molecule has 0 atom stereocenters. The number of carbonyl (C=O) groups is 1. The summed E-state index contributed by atoms with van der Waals surface area (Å²) in [4.78, 5) is 24.0. The molecule has 0 spiro atoms. The van der Waals surface area contributed by atoms with Gasteiger partial charge in [0, 0.05) is 6.07 Å². The lowest BCUT2D eigenvalue weighted by Gasteiger charge is -2.07. The van der Waals surface area contributed by atoms with Gasteiger partial charge in [-0.2, -0.15) is 5.10 Å². The van der Waals surface area contributed by atoms with Crippen molar-refractivity contribution in [2.75, 3.05) is 11.1 Å². The van der Waals surface area contributed by atoms with Crippen molar-refractivity contribution < 1.29 is 13.7 Å². The molecule has 3 heterocycles. The molecule has 0 aliphatic carbocycles. The van der Waals surface area contributed by atoms with Crippen molar-refractivity contribution in [1.82, 2.24) is 14.9 Å². The smallest absolute Gasteiger partial charge is 0.290 e. The highest BCUT2D eigenvalue weighted by Gasteiger charge is 2.13. The Balaban J connectivity index is 1.84. The number of aryl methyl sites for hydroxylation is 1. The van der Waals surface area contributed by atoms with E-state index in [0.29, 0.717) is 17.2 Å². The van der Waals surface area contributed by atoms with Crippen LogP contribution in [0.1, 0.15) is 5.76 Å². The van der Waals surface area contributed by atoms with Gasteiger partial charge in [0.05, 0.1) is 6.26 Å². The van der Waals surface area contributed by atoms with Crippen LogP contribution in [0.4, 0.5) is 11.5 Å². The maximum atomic E-state index is 12.0. The Hall–Kier alpha value is -3.36. The lowest BCUT2D eigenvalue weighted by Crippen LogP contribution is -2.31. The standard InChI is InChI=1S/C14H13N5O4/c1-8-5-12(18-23-8)16-13(20)7-19-14(21)9(15)6-10(17-19)11-3-2-4-22-11/h2-6H,7,15H2,1H3,(H,16,18,20). The van der Waals surface area contributed by atoms with Gasteiger partial charge in [-0.25, -0.2) is 4.68 Å². The summed E-state index contributed by atoms with van der Waals surface area (Å²) >= 11 is 0. The number of nitrogen functional groups attached to an aromatic ring is 1. The van der Waals surface area contributed by atoms with Crippen LogP contribution in [0.25, 0.3) is 11.5 Å². The van der Waals surface area contributed by atoms with Crippen molar-refractivity contribution >= 4 is 17.4 Å². The van der Waals surface area contributed by atoms with Gasteiger partial charge in [0.25, 0.3) is 5.56 Å². The zero-order valence-electron chi connectivity index (χ0n) is 12.1. The van der Waals surface area contributed by atoms with E-state index in [4.69, 9.17) is 14.7 Å². The number of nitrogens with one attached hydrogen (secondary N) is 1. The van der Waals surface area contributed by atoms with E-state index in [2.05, 4.69) is 15.6 Å². The van der Waals surface area contributed by atoms with E-state index in [0.717, 1.165) is 4.68 Å². The number of carbonyl (C=O) groups excluding carboxylic acids is 1. The normalized spacial score (nSPS) is 10.7. The molecule has 3 aromatic rings. The van der Waals surface area contributed by atoms with Gasteiger partial charge in [-0.15, -0.1) is 0 Å². The summed E-state index contributed by atoms with van der Waals surface area (Å²) in [6.45, 7) is 1.38. The summed E-state index contributed by atoms with van der Waals surface area (Å²) in [5.74, 6) is 0.775. The second-order valence-corrected chi connectivity index (χ2v) is 4.80. The van der Waals surface area contributed by atoms with Crippen molar-refractivity contribution in [2.24, 2.45) is 0 Å². The van der Waals surface area contributed by atoms with Gasteiger partial charge in [-0.1, -0.05) is 5.16 Å². The molecule has 0 bridgehead atoms. The number of hydrogen-bond acceptors (Lipinski definition) is 7. The fourth-order valence-corrected chi connectivity index (χ4v) is 1.96. The second-order valence-electron chi connectivity index (χ2n) is 4.80. The molecular weight excluding hydrogens is 302 g/mol.